The highest BCUT2D eigenvalue weighted by atomic mass is 32.1. The molecule has 0 saturated carbocycles. The first-order valence-corrected chi connectivity index (χ1v) is 6.85. The molecular weight excluding hydrogens is 284 g/mol. The van der Waals surface area contributed by atoms with Gasteiger partial charge in [0.1, 0.15) is 16.6 Å². The highest BCUT2D eigenvalue weighted by Gasteiger charge is 2.13. The van der Waals surface area contributed by atoms with Crippen molar-refractivity contribution in [3.63, 3.8) is 0 Å². The van der Waals surface area contributed by atoms with Crippen LogP contribution in [0.1, 0.15) is 29.2 Å². The number of carbonyl (C=O) groups excluding carboxylic acids is 1. The molecule has 1 aromatic heterocycles. The Morgan fingerprint density at radius 1 is 1.25 bits per heavy atom. The molecule has 1 aromatic carbocycles. The zero-order valence-corrected chi connectivity index (χ0v) is 11.8. The first kappa shape index (κ1) is 14.5. The SMILES string of the molecule is CC(C)Cc1nnc(NC(=O)c2cc(F)cc(F)c2)s1. The lowest BCUT2D eigenvalue weighted by molar-refractivity contribution is 0.102. The minimum Gasteiger partial charge on any atom is -0.296 e. The topological polar surface area (TPSA) is 54.9 Å². The second kappa shape index (κ2) is 6.04. The molecule has 2 aromatic rings. The molecule has 1 N–H and O–H groups in total. The Morgan fingerprint density at radius 3 is 2.50 bits per heavy atom. The van der Waals surface area contributed by atoms with Crippen LogP contribution >= 0.6 is 11.3 Å². The molecule has 0 saturated heterocycles. The van der Waals surface area contributed by atoms with Gasteiger partial charge in [-0.1, -0.05) is 25.2 Å². The van der Waals surface area contributed by atoms with E-state index in [2.05, 4.69) is 29.4 Å². The van der Waals surface area contributed by atoms with E-state index >= 15 is 0 Å². The van der Waals surface area contributed by atoms with Gasteiger partial charge in [-0.05, 0) is 18.1 Å². The summed E-state index contributed by atoms with van der Waals surface area (Å²) in [5, 5.41) is 11.4. The van der Waals surface area contributed by atoms with Crippen LogP contribution in [0.3, 0.4) is 0 Å². The summed E-state index contributed by atoms with van der Waals surface area (Å²) in [6, 6.07) is 2.64. The minimum atomic E-state index is -0.798. The average Bonchev–Trinajstić information content (AvgIpc) is 2.74. The first-order valence-electron chi connectivity index (χ1n) is 6.04. The number of anilines is 1. The van der Waals surface area contributed by atoms with E-state index < -0.39 is 17.5 Å². The lowest BCUT2D eigenvalue weighted by Crippen LogP contribution is -2.12. The molecule has 2 rings (SSSR count). The molecular formula is C13H13F2N3OS. The third-order valence-electron chi connectivity index (χ3n) is 2.39. The van der Waals surface area contributed by atoms with Gasteiger partial charge in [0.05, 0.1) is 0 Å². The fourth-order valence-corrected chi connectivity index (χ4v) is 2.54. The Bertz CT molecular complexity index is 608. The molecule has 0 bridgehead atoms. The fourth-order valence-electron chi connectivity index (χ4n) is 1.59. The third-order valence-corrected chi connectivity index (χ3v) is 3.26. The number of hydrogen-bond donors (Lipinski definition) is 1. The number of nitrogens with one attached hydrogen (secondary N) is 1. The normalized spacial score (nSPS) is 10.8. The summed E-state index contributed by atoms with van der Waals surface area (Å²) < 4.78 is 26.1. The van der Waals surface area contributed by atoms with Crippen molar-refractivity contribution in [3.05, 3.63) is 40.4 Å². The summed E-state index contributed by atoms with van der Waals surface area (Å²) in [6.45, 7) is 4.10. The van der Waals surface area contributed by atoms with E-state index in [1.54, 1.807) is 0 Å². The number of benzene rings is 1. The Morgan fingerprint density at radius 2 is 1.90 bits per heavy atom. The molecule has 0 aliphatic heterocycles. The number of hydrogen-bond acceptors (Lipinski definition) is 4. The summed E-state index contributed by atoms with van der Waals surface area (Å²) in [6.07, 6.45) is 0.766. The quantitative estimate of drug-likeness (QED) is 0.942. The zero-order chi connectivity index (χ0) is 14.7. The van der Waals surface area contributed by atoms with Gasteiger partial charge in [-0.25, -0.2) is 8.78 Å². The summed E-state index contributed by atoms with van der Waals surface area (Å²) in [4.78, 5) is 11.8. The maximum absolute atomic E-state index is 13.0. The van der Waals surface area contributed by atoms with Crippen LogP contribution in [0.5, 0.6) is 0 Å². The van der Waals surface area contributed by atoms with Gasteiger partial charge in [0.15, 0.2) is 0 Å². The molecule has 0 atom stereocenters. The summed E-state index contributed by atoms with van der Waals surface area (Å²) in [7, 11) is 0. The van der Waals surface area contributed by atoms with Crippen molar-refractivity contribution in [2.75, 3.05) is 5.32 Å². The Balaban J connectivity index is 2.09. The van der Waals surface area contributed by atoms with E-state index in [9.17, 15) is 13.6 Å². The van der Waals surface area contributed by atoms with Gasteiger partial charge >= 0.3 is 0 Å². The lowest BCUT2D eigenvalue weighted by Gasteiger charge is -2.01. The summed E-state index contributed by atoms with van der Waals surface area (Å²) in [5.74, 6) is -1.78. The predicted octanol–water partition coefficient (Wildman–Crippen LogP) is 3.27. The monoisotopic (exact) mass is 297 g/mol. The van der Waals surface area contributed by atoms with Gasteiger partial charge in [0.25, 0.3) is 5.91 Å². The number of rotatable bonds is 4. The Kier molecular flexibility index (Phi) is 4.39. The van der Waals surface area contributed by atoms with Crippen LogP contribution in [0.15, 0.2) is 18.2 Å². The van der Waals surface area contributed by atoms with E-state index in [4.69, 9.17) is 0 Å². The van der Waals surface area contributed by atoms with Crippen molar-refractivity contribution >= 4 is 22.4 Å². The lowest BCUT2D eigenvalue weighted by atomic mass is 10.1. The van der Waals surface area contributed by atoms with Gasteiger partial charge in [-0.2, -0.15) is 0 Å². The molecule has 0 fully saturated rings. The first-order chi connectivity index (χ1) is 9.44. The van der Waals surface area contributed by atoms with Gasteiger partial charge in [-0.15, -0.1) is 10.2 Å². The second-order valence-corrected chi connectivity index (χ2v) is 5.77. The summed E-state index contributed by atoms with van der Waals surface area (Å²) >= 11 is 1.25. The number of halogens is 2. The molecule has 106 valence electrons. The number of nitrogens with zero attached hydrogens (tertiary/aromatic N) is 2. The zero-order valence-electron chi connectivity index (χ0n) is 11.0. The van der Waals surface area contributed by atoms with Gasteiger partial charge in [0, 0.05) is 18.1 Å². The van der Waals surface area contributed by atoms with Crippen molar-refractivity contribution in [3.8, 4) is 0 Å². The van der Waals surface area contributed by atoms with Crippen molar-refractivity contribution in [1.29, 1.82) is 0 Å². The van der Waals surface area contributed by atoms with Crippen molar-refractivity contribution < 1.29 is 13.6 Å². The van der Waals surface area contributed by atoms with Crippen LogP contribution in [-0.4, -0.2) is 16.1 Å². The largest absolute Gasteiger partial charge is 0.296 e. The highest BCUT2D eigenvalue weighted by molar-refractivity contribution is 7.15. The number of carbonyl (C=O) groups is 1. The van der Waals surface area contributed by atoms with Crippen LogP contribution in [-0.2, 0) is 6.42 Å². The molecule has 0 unspecified atom stereocenters. The fraction of sp³-hybridized carbons (Fsp3) is 0.308. The standard InChI is InChI=1S/C13H13F2N3OS/c1-7(2)3-11-17-18-13(20-11)16-12(19)8-4-9(14)6-10(15)5-8/h4-7H,3H2,1-2H3,(H,16,18,19). The average molecular weight is 297 g/mol. The summed E-state index contributed by atoms with van der Waals surface area (Å²) in [5.41, 5.74) is -0.0943. The number of amides is 1. The molecule has 7 heteroatoms. The smallest absolute Gasteiger partial charge is 0.257 e. The molecule has 20 heavy (non-hydrogen) atoms. The highest BCUT2D eigenvalue weighted by Crippen LogP contribution is 2.19. The molecule has 4 nitrogen and oxygen atoms in total. The molecule has 1 heterocycles. The van der Waals surface area contributed by atoms with E-state index in [-0.39, 0.29) is 5.56 Å². The van der Waals surface area contributed by atoms with Crippen LogP contribution in [0.4, 0.5) is 13.9 Å². The van der Waals surface area contributed by atoms with Crippen LogP contribution < -0.4 is 5.32 Å². The Labute approximate surface area is 118 Å². The van der Waals surface area contributed by atoms with Crippen molar-refractivity contribution in [2.45, 2.75) is 20.3 Å². The third kappa shape index (κ3) is 3.80. The Hall–Kier alpha value is -1.89. The van der Waals surface area contributed by atoms with Crippen LogP contribution in [0.25, 0.3) is 0 Å². The molecule has 0 radical (unpaired) electrons. The van der Waals surface area contributed by atoms with Gasteiger partial charge in [-0.3, -0.25) is 10.1 Å². The molecule has 0 aliphatic carbocycles. The molecule has 0 aliphatic rings. The van der Waals surface area contributed by atoms with Crippen LogP contribution in [0.2, 0.25) is 0 Å². The van der Waals surface area contributed by atoms with Gasteiger partial charge < -0.3 is 0 Å². The van der Waals surface area contributed by atoms with E-state index in [0.29, 0.717) is 17.1 Å². The molecule has 0 spiro atoms. The van der Waals surface area contributed by atoms with Crippen molar-refractivity contribution in [2.24, 2.45) is 5.92 Å². The maximum Gasteiger partial charge on any atom is 0.257 e. The van der Waals surface area contributed by atoms with E-state index in [1.807, 2.05) is 0 Å². The van der Waals surface area contributed by atoms with E-state index in [1.165, 1.54) is 11.3 Å². The van der Waals surface area contributed by atoms with E-state index in [0.717, 1.165) is 23.6 Å². The van der Waals surface area contributed by atoms with Gasteiger partial charge in [0.2, 0.25) is 5.13 Å². The molecule has 1 amide bonds. The minimum absolute atomic E-state index is 0.0943. The second-order valence-electron chi connectivity index (χ2n) is 4.71. The van der Waals surface area contributed by atoms with Crippen LogP contribution in [0, 0.1) is 17.6 Å². The number of aromatic nitrogens is 2. The predicted molar refractivity (Wildman–Crippen MR) is 72.8 cm³/mol. The van der Waals surface area contributed by atoms with Crippen molar-refractivity contribution in [1.82, 2.24) is 10.2 Å². The maximum atomic E-state index is 13.0.